The van der Waals surface area contributed by atoms with Gasteiger partial charge in [0.25, 0.3) is 0 Å². The van der Waals surface area contributed by atoms with E-state index in [-0.39, 0.29) is 25.3 Å². The van der Waals surface area contributed by atoms with Crippen molar-refractivity contribution in [2.75, 3.05) is 13.2 Å². The van der Waals surface area contributed by atoms with Crippen LogP contribution in [0.2, 0.25) is 0 Å². The van der Waals surface area contributed by atoms with Gasteiger partial charge < -0.3 is 23.7 Å². The molecule has 16 heteroatoms. The summed E-state index contributed by atoms with van der Waals surface area (Å²) in [5.41, 5.74) is -3.67. The van der Waals surface area contributed by atoms with Gasteiger partial charge in [0.15, 0.2) is 0 Å². The van der Waals surface area contributed by atoms with Crippen molar-refractivity contribution in [3.63, 3.8) is 0 Å². The van der Waals surface area contributed by atoms with Gasteiger partial charge in [0.2, 0.25) is 0 Å². The first kappa shape index (κ1) is 32.8. The van der Waals surface area contributed by atoms with Gasteiger partial charge in [0.05, 0.1) is 29.9 Å². The summed E-state index contributed by atoms with van der Waals surface area (Å²) in [4.78, 5) is 0. The highest BCUT2D eigenvalue weighted by Crippen LogP contribution is 2.49. The van der Waals surface area contributed by atoms with Crippen LogP contribution in [-0.2, 0) is 43.2 Å². The highest BCUT2D eigenvalue weighted by molar-refractivity contribution is 5.34. The normalized spacial score (nSPS) is 22.1. The van der Waals surface area contributed by atoms with Gasteiger partial charge in [0, 0.05) is 11.6 Å². The van der Waals surface area contributed by atoms with Crippen molar-refractivity contribution in [1.29, 1.82) is 0 Å². The van der Waals surface area contributed by atoms with Crippen molar-refractivity contribution >= 4 is 0 Å². The molecule has 0 N–H and O–H groups in total. The smallest absolute Gasteiger partial charge is 0.429 e. The Bertz CT molecular complexity index is 1500. The molecule has 6 nitrogen and oxygen atoms in total. The molecule has 0 unspecified atom stereocenters. The number of halogens is 10. The fraction of sp³-hybridized carbons (Fsp3) is 0.379. The van der Waals surface area contributed by atoms with Crippen LogP contribution in [0.3, 0.4) is 0 Å². The molecule has 2 aliphatic heterocycles. The minimum absolute atomic E-state index is 0.00515. The van der Waals surface area contributed by atoms with Crippen molar-refractivity contribution < 1.29 is 72.3 Å². The van der Waals surface area contributed by atoms with Gasteiger partial charge in [-0.15, -0.1) is 13.2 Å². The topological polar surface area (TPSA) is 55.4 Å². The van der Waals surface area contributed by atoms with Gasteiger partial charge in [-0.1, -0.05) is 25.5 Å². The van der Waals surface area contributed by atoms with Crippen LogP contribution in [-0.4, -0.2) is 25.2 Å². The number of benzene rings is 3. The van der Waals surface area contributed by atoms with Gasteiger partial charge in [-0.3, -0.25) is 0 Å². The van der Waals surface area contributed by atoms with Crippen molar-refractivity contribution in [2.45, 2.75) is 56.0 Å². The van der Waals surface area contributed by atoms with Crippen LogP contribution in [0.4, 0.5) is 43.9 Å². The van der Waals surface area contributed by atoms with E-state index >= 15 is 0 Å². The molecule has 0 aromatic heterocycles. The predicted octanol–water partition coefficient (Wildman–Crippen LogP) is 8.39. The molecule has 0 spiro atoms. The van der Waals surface area contributed by atoms with E-state index in [1.807, 2.05) is 6.92 Å². The third-order valence-electron chi connectivity index (χ3n) is 6.86. The molecular formula is C29H22F10O6. The molecule has 3 aromatic carbocycles. The van der Waals surface area contributed by atoms with E-state index in [1.54, 1.807) is 0 Å². The zero-order valence-electron chi connectivity index (χ0n) is 22.9. The predicted molar refractivity (Wildman–Crippen MR) is 132 cm³/mol. The minimum atomic E-state index is -5.82. The summed E-state index contributed by atoms with van der Waals surface area (Å²) >= 11 is 0. The van der Waals surface area contributed by atoms with Gasteiger partial charge in [0.1, 0.15) is 22.9 Å². The summed E-state index contributed by atoms with van der Waals surface area (Å²) in [5.74, 6) is -5.10. The second-order valence-corrected chi connectivity index (χ2v) is 10.2. The summed E-state index contributed by atoms with van der Waals surface area (Å²) in [6.07, 6.45) is -17.7. The molecule has 3 aromatic rings. The number of fused-ring (bicyclic) bond motifs is 2. The zero-order valence-corrected chi connectivity index (χ0v) is 22.9. The van der Waals surface area contributed by atoms with E-state index in [2.05, 4.69) is 9.47 Å². The molecule has 244 valence electrons. The Morgan fingerprint density at radius 3 is 1.71 bits per heavy atom. The lowest BCUT2D eigenvalue weighted by molar-refractivity contribution is -0.432. The molecule has 2 saturated heterocycles. The van der Waals surface area contributed by atoms with E-state index in [0.29, 0.717) is 30.2 Å². The van der Waals surface area contributed by atoms with E-state index in [0.717, 1.165) is 30.7 Å². The SMILES string of the molecule is CCCC12COC(c3ccc(C(F)(F)Oc4ccc(C(F)(F)Oc5ccc(C(F)(F)OC(F)(F)F)c(F)c5)cc4)cc3)(OC1)O2. The molecule has 2 aliphatic rings. The Kier molecular flexibility index (Phi) is 8.25. The molecule has 0 radical (unpaired) electrons. The van der Waals surface area contributed by atoms with Crippen molar-refractivity contribution in [3.8, 4) is 11.5 Å². The third-order valence-corrected chi connectivity index (χ3v) is 6.86. The Labute approximate surface area is 248 Å². The second kappa shape index (κ2) is 11.3. The summed E-state index contributed by atoms with van der Waals surface area (Å²) in [6, 6.07) is 8.05. The fourth-order valence-electron chi connectivity index (χ4n) is 4.81. The average Bonchev–Trinajstić information content (AvgIpc) is 3.49. The summed E-state index contributed by atoms with van der Waals surface area (Å²) in [5, 5.41) is 0. The van der Waals surface area contributed by atoms with Crippen LogP contribution in [0, 0.1) is 5.82 Å². The quantitative estimate of drug-likeness (QED) is 0.193. The fourth-order valence-corrected chi connectivity index (χ4v) is 4.81. The number of hydrogen-bond donors (Lipinski definition) is 0. The van der Waals surface area contributed by atoms with Gasteiger partial charge in [-0.2, -0.15) is 26.3 Å². The lowest BCUT2D eigenvalue weighted by Gasteiger charge is -2.25. The molecule has 2 bridgehead atoms. The number of ether oxygens (including phenoxy) is 6. The van der Waals surface area contributed by atoms with Crippen LogP contribution in [0.15, 0.2) is 66.7 Å². The van der Waals surface area contributed by atoms with E-state index in [4.69, 9.17) is 18.9 Å². The molecule has 2 fully saturated rings. The Morgan fingerprint density at radius 2 is 1.20 bits per heavy atom. The highest BCUT2D eigenvalue weighted by Gasteiger charge is 2.59. The number of hydrogen-bond acceptors (Lipinski definition) is 6. The summed E-state index contributed by atoms with van der Waals surface area (Å²) in [7, 11) is 0. The van der Waals surface area contributed by atoms with Crippen LogP contribution < -0.4 is 9.47 Å². The van der Waals surface area contributed by atoms with E-state index < -0.39 is 70.3 Å². The second-order valence-electron chi connectivity index (χ2n) is 10.2. The molecule has 45 heavy (non-hydrogen) atoms. The summed E-state index contributed by atoms with van der Waals surface area (Å²) < 4.78 is 166. The average molecular weight is 656 g/mol. The monoisotopic (exact) mass is 656 g/mol. The molecule has 0 atom stereocenters. The standard InChI is InChI=1S/C29H22F10O6/c1-2-13-24-15-40-28(44-24,41-16-24)19-5-3-17(4-6-19)25(31,32)42-20-9-7-18(8-10-20)26(33,34)43-21-11-12-22(23(30)14-21)27(35,36)45-29(37,38)39/h3-12,14H,2,13,15-16H2,1H3. The molecule has 0 aliphatic carbocycles. The van der Waals surface area contributed by atoms with E-state index in [9.17, 15) is 43.9 Å². The van der Waals surface area contributed by atoms with Crippen molar-refractivity contribution in [1.82, 2.24) is 0 Å². The van der Waals surface area contributed by atoms with E-state index in [1.165, 1.54) is 12.1 Å². The van der Waals surface area contributed by atoms with Crippen LogP contribution in [0.5, 0.6) is 11.5 Å². The molecule has 5 rings (SSSR count). The largest absolute Gasteiger partial charge is 0.527 e. The molecule has 2 heterocycles. The van der Waals surface area contributed by atoms with Crippen LogP contribution in [0.25, 0.3) is 0 Å². The maximum Gasteiger partial charge on any atom is 0.527 e. The molecule has 0 amide bonds. The minimum Gasteiger partial charge on any atom is -0.429 e. The van der Waals surface area contributed by atoms with Crippen LogP contribution in [0.1, 0.15) is 42.0 Å². The first-order valence-corrected chi connectivity index (χ1v) is 13.2. The van der Waals surface area contributed by atoms with Crippen molar-refractivity contribution in [3.05, 3.63) is 94.8 Å². The Balaban J connectivity index is 1.24. The first-order chi connectivity index (χ1) is 20.9. The van der Waals surface area contributed by atoms with Gasteiger partial charge in [-0.05, 0) is 55.0 Å². The molecule has 0 saturated carbocycles. The third kappa shape index (κ3) is 6.83. The van der Waals surface area contributed by atoms with Crippen LogP contribution >= 0.6 is 0 Å². The first-order valence-electron chi connectivity index (χ1n) is 13.2. The molecular weight excluding hydrogens is 634 g/mol. The Hall–Kier alpha value is -3.60. The lowest BCUT2D eigenvalue weighted by Crippen LogP contribution is -2.35. The number of rotatable bonds is 11. The Morgan fingerprint density at radius 1 is 0.689 bits per heavy atom. The maximum absolute atomic E-state index is 14.9. The lowest BCUT2D eigenvalue weighted by atomic mass is 10.0. The number of alkyl halides is 9. The van der Waals surface area contributed by atoms with Crippen molar-refractivity contribution in [2.24, 2.45) is 0 Å². The van der Waals surface area contributed by atoms with Gasteiger partial charge >= 0.3 is 30.7 Å². The maximum atomic E-state index is 14.9. The summed E-state index contributed by atoms with van der Waals surface area (Å²) in [6.45, 7) is 2.54. The van der Waals surface area contributed by atoms with Gasteiger partial charge in [-0.25, -0.2) is 9.13 Å². The zero-order chi connectivity index (χ0) is 32.9. The highest BCUT2D eigenvalue weighted by atomic mass is 19.4.